The topological polar surface area (TPSA) is 17.1 Å². The molecule has 2 atom stereocenters. The van der Waals surface area contributed by atoms with Gasteiger partial charge >= 0.3 is 0 Å². The van der Waals surface area contributed by atoms with Crippen molar-refractivity contribution in [2.75, 3.05) is 0 Å². The van der Waals surface area contributed by atoms with Crippen LogP contribution in [0.2, 0.25) is 0 Å². The molecule has 1 aliphatic rings. The molecule has 0 amide bonds. The van der Waals surface area contributed by atoms with Crippen molar-refractivity contribution in [3.05, 3.63) is 71.8 Å². The van der Waals surface area contributed by atoms with Crippen LogP contribution in [0.25, 0.3) is 0 Å². The van der Waals surface area contributed by atoms with Gasteiger partial charge in [-0.2, -0.15) is 0 Å². The first kappa shape index (κ1) is 11.2. The molecule has 0 aliphatic heterocycles. The quantitative estimate of drug-likeness (QED) is 0.772. The van der Waals surface area contributed by atoms with Crippen LogP contribution in [0.3, 0.4) is 0 Å². The minimum atomic E-state index is 0.0939. The van der Waals surface area contributed by atoms with Crippen molar-refractivity contribution in [1.29, 1.82) is 0 Å². The monoisotopic (exact) mass is 236 g/mol. The molecule has 1 fully saturated rings. The lowest BCUT2D eigenvalue weighted by Gasteiger charge is -2.11. The van der Waals surface area contributed by atoms with Crippen LogP contribution < -0.4 is 0 Å². The van der Waals surface area contributed by atoms with E-state index in [1.807, 2.05) is 36.4 Å². The first-order chi connectivity index (χ1) is 8.86. The Morgan fingerprint density at radius 2 is 1.06 bits per heavy atom. The zero-order chi connectivity index (χ0) is 12.4. The Balaban J connectivity index is 1.86. The summed E-state index contributed by atoms with van der Waals surface area (Å²) in [7, 11) is 0. The van der Waals surface area contributed by atoms with Crippen molar-refractivity contribution in [2.24, 2.45) is 0 Å². The van der Waals surface area contributed by atoms with Crippen molar-refractivity contribution in [3.8, 4) is 0 Å². The molecule has 0 heterocycles. The Morgan fingerprint density at radius 1 is 0.667 bits per heavy atom. The molecule has 3 rings (SSSR count). The minimum Gasteiger partial charge on any atom is -0.298 e. The standard InChI is InChI=1S/C17H16O/c18-17-15(13-7-3-1-4-8-13)11-12-16(17)14-9-5-2-6-10-14/h1-10,15-16H,11-12H2/t15-,16+. The van der Waals surface area contributed by atoms with Crippen molar-refractivity contribution >= 4 is 5.78 Å². The number of rotatable bonds is 2. The average molecular weight is 236 g/mol. The summed E-state index contributed by atoms with van der Waals surface area (Å²) in [4.78, 5) is 12.5. The summed E-state index contributed by atoms with van der Waals surface area (Å²) in [6.45, 7) is 0. The van der Waals surface area contributed by atoms with Crippen LogP contribution in [0.15, 0.2) is 60.7 Å². The van der Waals surface area contributed by atoms with Crippen LogP contribution in [-0.2, 0) is 4.79 Å². The van der Waals surface area contributed by atoms with Crippen molar-refractivity contribution in [3.63, 3.8) is 0 Å². The van der Waals surface area contributed by atoms with Crippen molar-refractivity contribution in [2.45, 2.75) is 24.7 Å². The summed E-state index contributed by atoms with van der Waals surface area (Å²) in [6, 6.07) is 20.3. The number of ketones is 1. The molecular formula is C17H16O. The van der Waals surface area contributed by atoms with Gasteiger partial charge in [0.1, 0.15) is 5.78 Å². The van der Waals surface area contributed by atoms with Crippen molar-refractivity contribution in [1.82, 2.24) is 0 Å². The lowest BCUT2D eigenvalue weighted by atomic mass is 9.92. The SMILES string of the molecule is O=C1[C@H](c2ccccc2)CC[C@@H]1c1ccccc1. The van der Waals surface area contributed by atoms with E-state index in [2.05, 4.69) is 24.3 Å². The van der Waals surface area contributed by atoms with Gasteiger partial charge in [-0.1, -0.05) is 60.7 Å². The maximum atomic E-state index is 12.5. The fraction of sp³-hybridized carbons (Fsp3) is 0.235. The Hall–Kier alpha value is -1.89. The molecule has 1 aliphatic carbocycles. The number of hydrogen-bond donors (Lipinski definition) is 0. The van der Waals surface area contributed by atoms with Gasteiger partial charge in [0.05, 0.1) is 0 Å². The first-order valence-corrected chi connectivity index (χ1v) is 6.50. The van der Waals surface area contributed by atoms with Crippen LogP contribution in [0.4, 0.5) is 0 Å². The molecule has 90 valence electrons. The van der Waals surface area contributed by atoms with Crippen LogP contribution >= 0.6 is 0 Å². The first-order valence-electron chi connectivity index (χ1n) is 6.50. The molecule has 0 radical (unpaired) electrons. The van der Waals surface area contributed by atoms with E-state index in [0.717, 1.165) is 12.8 Å². The van der Waals surface area contributed by atoms with E-state index in [0.29, 0.717) is 5.78 Å². The zero-order valence-electron chi connectivity index (χ0n) is 10.3. The maximum absolute atomic E-state index is 12.5. The largest absolute Gasteiger partial charge is 0.298 e. The number of carbonyl (C=O) groups is 1. The van der Waals surface area contributed by atoms with Crippen molar-refractivity contribution < 1.29 is 4.79 Å². The predicted octanol–water partition coefficient (Wildman–Crippen LogP) is 3.92. The van der Waals surface area contributed by atoms with Crippen LogP contribution in [0.1, 0.15) is 35.8 Å². The summed E-state index contributed by atoms with van der Waals surface area (Å²) in [5.74, 6) is 0.570. The van der Waals surface area contributed by atoms with E-state index < -0.39 is 0 Å². The Kier molecular flexibility index (Phi) is 2.97. The van der Waals surface area contributed by atoms with Crippen LogP contribution in [0.5, 0.6) is 0 Å². The molecular weight excluding hydrogens is 220 g/mol. The predicted molar refractivity (Wildman–Crippen MR) is 72.6 cm³/mol. The van der Waals surface area contributed by atoms with E-state index >= 15 is 0 Å². The molecule has 0 spiro atoms. The highest BCUT2D eigenvalue weighted by Gasteiger charge is 2.35. The lowest BCUT2D eigenvalue weighted by Crippen LogP contribution is -2.11. The second-order valence-electron chi connectivity index (χ2n) is 4.91. The maximum Gasteiger partial charge on any atom is 0.147 e. The molecule has 0 bridgehead atoms. The number of Topliss-reactive ketones (excluding diaryl/α,β-unsaturated/α-hetero) is 1. The minimum absolute atomic E-state index is 0.0939. The third kappa shape index (κ3) is 1.97. The second-order valence-corrected chi connectivity index (χ2v) is 4.91. The van der Waals surface area contributed by atoms with Crippen LogP contribution in [0, 0.1) is 0 Å². The second kappa shape index (κ2) is 4.77. The lowest BCUT2D eigenvalue weighted by molar-refractivity contribution is -0.119. The molecule has 2 aromatic carbocycles. The van der Waals surface area contributed by atoms with E-state index in [-0.39, 0.29) is 11.8 Å². The van der Waals surface area contributed by atoms with Crippen LogP contribution in [-0.4, -0.2) is 5.78 Å². The number of carbonyl (C=O) groups excluding carboxylic acids is 1. The highest BCUT2D eigenvalue weighted by atomic mass is 16.1. The molecule has 0 saturated heterocycles. The van der Waals surface area contributed by atoms with Gasteiger partial charge in [0.15, 0.2) is 0 Å². The van der Waals surface area contributed by atoms with E-state index in [9.17, 15) is 4.79 Å². The summed E-state index contributed by atoms with van der Waals surface area (Å²) in [5.41, 5.74) is 2.34. The van der Waals surface area contributed by atoms with Gasteiger partial charge in [-0.05, 0) is 24.0 Å². The molecule has 1 saturated carbocycles. The Bertz CT molecular complexity index is 481. The summed E-state index contributed by atoms with van der Waals surface area (Å²) >= 11 is 0. The fourth-order valence-electron chi connectivity index (χ4n) is 2.89. The normalized spacial score (nSPS) is 23.2. The van der Waals surface area contributed by atoms with Gasteiger partial charge in [-0.25, -0.2) is 0 Å². The fourth-order valence-corrected chi connectivity index (χ4v) is 2.89. The van der Waals surface area contributed by atoms with E-state index in [1.54, 1.807) is 0 Å². The van der Waals surface area contributed by atoms with Gasteiger partial charge in [-0.3, -0.25) is 4.79 Å². The van der Waals surface area contributed by atoms with Gasteiger partial charge in [0, 0.05) is 11.8 Å². The van der Waals surface area contributed by atoms with Gasteiger partial charge in [0.2, 0.25) is 0 Å². The molecule has 0 unspecified atom stereocenters. The van der Waals surface area contributed by atoms with E-state index in [1.165, 1.54) is 11.1 Å². The number of benzene rings is 2. The average Bonchev–Trinajstić information content (AvgIpc) is 2.83. The highest BCUT2D eigenvalue weighted by Crippen LogP contribution is 2.40. The third-order valence-corrected chi connectivity index (χ3v) is 3.83. The third-order valence-electron chi connectivity index (χ3n) is 3.83. The summed E-state index contributed by atoms with van der Waals surface area (Å²) in [5, 5.41) is 0. The van der Waals surface area contributed by atoms with Gasteiger partial charge < -0.3 is 0 Å². The van der Waals surface area contributed by atoms with E-state index in [4.69, 9.17) is 0 Å². The highest BCUT2D eigenvalue weighted by molar-refractivity contribution is 5.93. The molecule has 1 heteroatoms. The molecule has 0 N–H and O–H groups in total. The molecule has 2 aromatic rings. The molecule has 1 nitrogen and oxygen atoms in total. The zero-order valence-corrected chi connectivity index (χ0v) is 10.3. The number of hydrogen-bond acceptors (Lipinski definition) is 1. The Labute approximate surface area is 107 Å². The summed E-state index contributed by atoms with van der Waals surface area (Å²) in [6.07, 6.45) is 1.95. The molecule has 18 heavy (non-hydrogen) atoms. The smallest absolute Gasteiger partial charge is 0.147 e. The Morgan fingerprint density at radius 3 is 1.44 bits per heavy atom. The van der Waals surface area contributed by atoms with Gasteiger partial charge in [0.25, 0.3) is 0 Å². The molecule has 0 aromatic heterocycles. The summed E-state index contributed by atoms with van der Waals surface area (Å²) < 4.78 is 0. The van der Waals surface area contributed by atoms with Gasteiger partial charge in [-0.15, -0.1) is 0 Å².